The Balaban J connectivity index is -0.000000185. The molecule has 0 spiro atoms. The number of benzene rings is 3. The van der Waals surface area contributed by atoms with Gasteiger partial charge in [0.15, 0.2) is 0 Å². The maximum absolute atomic E-state index is 10.5. The van der Waals surface area contributed by atoms with Crippen LogP contribution >= 0.6 is 0 Å². The van der Waals surface area contributed by atoms with Gasteiger partial charge in [0.2, 0.25) is 5.91 Å². The van der Waals surface area contributed by atoms with Gasteiger partial charge in [0.05, 0.1) is 5.75 Å². The molecule has 0 saturated carbocycles. The van der Waals surface area contributed by atoms with E-state index in [0.29, 0.717) is 11.4 Å². The summed E-state index contributed by atoms with van der Waals surface area (Å²) in [5.41, 5.74) is 2.76. The van der Waals surface area contributed by atoms with Crippen molar-refractivity contribution in [1.29, 1.82) is 0 Å². The number of anilines is 1. The summed E-state index contributed by atoms with van der Waals surface area (Å²) >= 11 is 0. The fraction of sp³-hybridized carbons (Fsp3) is 0.276. The molecule has 6 heteroatoms. The van der Waals surface area contributed by atoms with Crippen LogP contribution in [0.25, 0.3) is 0 Å². The Kier molecular flexibility index (Phi) is 31.5. The predicted octanol–water partition coefficient (Wildman–Crippen LogP) is 7.77. The van der Waals surface area contributed by atoms with Crippen LogP contribution in [0.5, 0.6) is 17.2 Å². The number of hydrogen-bond donors (Lipinski definition) is 4. The Hall–Kier alpha value is -2.50. The summed E-state index contributed by atoms with van der Waals surface area (Å²) in [6.45, 7) is 20.8. The first-order valence-electron chi connectivity index (χ1n) is 11.5. The first-order chi connectivity index (χ1) is 16.3. The number of carbonyl (C=O) groups excluding carboxylic acids is 1. The van der Waals surface area contributed by atoms with E-state index >= 15 is 0 Å². The third kappa shape index (κ3) is 24.4. The van der Waals surface area contributed by atoms with Crippen molar-refractivity contribution in [2.45, 2.75) is 54.9 Å². The van der Waals surface area contributed by atoms with Crippen LogP contribution in [0, 0.1) is 13.8 Å². The molecule has 0 atom stereocenters. The first-order valence-corrected chi connectivity index (χ1v) is 11.5. The second-order valence-electron chi connectivity index (χ2n) is 5.81. The standard InChI is InChI=1S/C8H9NO2.C8H9O.C7H7O.3C2H6.Y/c1-6(10)9-7-2-4-8(11)5-3-7;1-2-7-3-5-8(9)6-4-7;1-6-2-4-7(8)5-3-6;3*1-2;/h2-5,11H,1H3,(H,9,10);3-6,9H,1-2H2;2-5,8H,1H2;3*1-2H3;/q;2*-1;;;;. The Morgan fingerprint density at radius 3 is 1.29 bits per heavy atom. The fourth-order valence-electron chi connectivity index (χ4n) is 1.91. The summed E-state index contributed by atoms with van der Waals surface area (Å²) < 4.78 is 0. The van der Waals surface area contributed by atoms with Crippen molar-refractivity contribution in [3.63, 3.8) is 0 Å². The van der Waals surface area contributed by atoms with Gasteiger partial charge in [-0.25, -0.2) is 0 Å². The predicted molar refractivity (Wildman–Crippen MR) is 146 cm³/mol. The molecular formula is C29H43NO4Y-2. The Morgan fingerprint density at radius 2 is 1.00 bits per heavy atom. The van der Waals surface area contributed by atoms with Gasteiger partial charge in [-0.2, -0.15) is 31.0 Å². The van der Waals surface area contributed by atoms with Crippen LogP contribution in [0.15, 0.2) is 72.8 Å². The van der Waals surface area contributed by atoms with E-state index in [0.717, 1.165) is 17.5 Å². The summed E-state index contributed by atoms with van der Waals surface area (Å²) in [5.74, 6) is 0.680. The molecule has 0 heterocycles. The van der Waals surface area contributed by atoms with Crippen LogP contribution < -0.4 is 5.32 Å². The minimum atomic E-state index is -0.115. The Labute approximate surface area is 238 Å². The molecule has 0 aliphatic carbocycles. The van der Waals surface area contributed by atoms with Crippen LogP contribution in [-0.4, -0.2) is 21.2 Å². The van der Waals surface area contributed by atoms with E-state index in [-0.39, 0.29) is 50.1 Å². The molecular weight excluding hydrogens is 515 g/mol. The van der Waals surface area contributed by atoms with Crippen LogP contribution in [0.4, 0.5) is 5.69 Å². The third-order valence-electron chi connectivity index (χ3n) is 3.35. The molecule has 3 aromatic rings. The number of nitrogens with one attached hydrogen (secondary N) is 1. The number of carbonyl (C=O) groups is 1. The molecule has 3 rings (SSSR count). The van der Waals surface area contributed by atoms with E-state index in [1.807, 2.05) is 53.7 Å². The second-order valence-corrected chi connectivity index (χ2v) is 5.81. The zero-order valence-electron chi connectivity index (χ0n) is 22.4. The van der Waals surface area contributed by atoms with Gasteiger partial charge in [-0.1, -0.05) is 71.4 Å². The summed E-state index contributed by atoms with van der Waals surface area (Å²) in [4.78, 5) is 10.5. The monoisotopic (exact) mass is 558 g/mol. The van der Waals surface area contributed by atoms with Crippen molar-refractivity contribution >= 4 is 11.6 Å². The molecule has 4 N–H and O–H groups in total. The van der Waals surface area contributed by atoms with Crippen molar-refractivity contribution in [3.8, 4) is 17.2 Å². The normalized spacial score (nSPS) is 7.89. The molecule has 1 radical (unpaired) electrons. The van der Waals surface area contributed by atoms with E-state index in [9.17, 15) is 4.79 Å². The molecule has 0 unspecified atom stereocenters. The molecule has 193 valence electrons. The van der Waals surface area contributed by atoms with Gasteiger partial charge >= 0.3 is 0 Å². The summed E-state index contributed by atoms with van der Waals surface area (Å²) in [6.07, 6.45) is 0.778. The van der Waals surface area contributed by atoms with Gasteiger partial charge in [0.25, 0.3) is 0 Å². The molecule has 0 saturated heterocycles. The van der Waals surface area contributed by atoms with Crippen LogP contribution in [0.1, 0.15) is 59.6 Å². The minimum Gasteiger partial charge on any atom is -0.510 e. The quantitative estimate of drug-likeness (QED) is 0.191. The van der Waals surface area contributed by atoms with Gasteiger partial charge in [-0.05, 0) is 36.4 Å². The minimum absolute atomic E-state index is 0. The summed E-state index contributed by atoms with van der Waals surface area (Å²) in [5, 5.41) is 29.0. The zero-order chi connectivity index (χ0) is 26.9. The van der Waals surface area contributed by atoms with Crippen molar-refractivity contribution in [1.82, 2.24) is 0 Å². The van der Waals surface area contributed by atoms with Crippen LogP contribution in [0.2, 0.25) is 0 Å². The van der Waals surface area contributed by atoms with Gasteiger partial charge in [0.1, 0.15) is 11.5 Å². The van der Waals surface area contributed by atoms with Crippen molar-refractivity contribution in [2.75, 3.05) is 5.32 Å². The average molecular weight is 559 g/mol. The number of rotatable bonds is 2. The van der Waals surface area contributed by atoms with E-state index in [4.69, 9.17) is 15.3 Å². The maximum atomic E-state index is 10.5. The van der Waals surface area contributed by atoms with E-state index in [2.05, 4.69) is 19.2 Å². The molecule has 35 heavy (non-hydrogen) atoms. The first kappa shape index (κ1) is 39.7. The molecule has 0 aliphatic rings. The summed E-state index contributed by atoms with van der Waals surface area (Å²) in [6, 6.07) is 20.1. The second kappa shape index (κ2) is 27.7. The SMILES string of the molecule is CC.CC.CC.CC(=O)Nc1ccc(O)cc1.[CH2-]Cc1ccc(O)cc1.[CH2-]c1ccc(O)cc1.[Y]. The molecule has 0 fully saturated rings. The molecule has 3 aromatic carbocycles. The van der Waals surface area contributed by atoms with E-state index in [1.165, 1.54) is 19.1 Å². The van der Waals surface area contributed by atoms with Gasteiger partial charge in [-0.3, -0.25) is 4.79 Å². The number of hydrogen-bond acceptors (Lipinski definition) is 4. The van der Waals surface area contributed by atoms with Gasteiger partial charge in [-0.15, -0.1) is 0 Å². The number of phenols is 3. The third-order valence-corrected chi connectivity index (χ3v) is 3.35. The summed E-state index contributed by atoms with van der Waals surface area (Å²) in [7, 11) is 0. The van der Waals surface area contributed by atoms with Crippen LogP contribution in [0.3, 0.4) is 0 Å². The molecule has 1 amide bonds. The van der Waals surface area contributed by atoms with Crippen molar-refractivity contribution < 1.29 is 52.8 Å². The fourth-order valence-corrected chi connectivity index (χ4v) is 1.91. The average Bonchev–Trinajstić information content (AvgIpc) is 2.87. The van der Waals surface area contributed by atoms with E-state index in [1.54, 1.807) is 48.5 Å². The smallest absolute Gasteiger partial charge is 0.221 e. The molecule has 0 bridgehead atoms. The van der Waals surface area contributed by atoms with E-state index < -0.39 is 0 Å². The van der Waals surface area contributed by atoms with Gasteiger partial charge < -0.3 is 27.6 Å². The topological polar surface area (TPSA) is 89.8 Å². The van der Waals surface area contributed by atoms with Crippen molar-refractivity contribution in [3.05, 3.63) is 97.8 Å². The van der Waals surface area contributed by atoms with Gasteiger partial charge in [0, 0.05) is 45.3 Å². The molecule has 5 nitrogen and oxygen atoms in total. The number of amides is 1. The molecule has 0 aromatic heterocycles. The molecule has 0 aliphatic heterocycles. The number of phenolic OH excluding ortho intramolecular Hbond substituents is 3. The Morgan fingerprint density at radius 1 is 0.686 bits per heavy atom. The maximum Gasteiger partial charge on any atom is 0.221 e. The van der Waals surface area contributed by atoms with Crippen molar-refractivity contribution in [2.24, 2.45) is 0 Å². The Bertz CT molecular complexity index is 813. The van der Waals surface area contributed by atoms with Crippen LogP contribution in [-0.2, 0) is 43.9 Å². The number of aromatic hydroxyl groups is 3. The largest absolute Gasteiger partial charge is 0.510 e. The zero-order valence-corrected chi connectivity index (χ0v) is 25.2.